The molecule has 1 atom stereocenters. The van der Waals surface area contributed by atoms with E-state index in [1.807, 2.05) is 6.92 Å². The molecular weight excluding hydrogens is 283 g/mol. The fourth-order valence-electron chi connectivity index (χ4n) is 1.96. The van der Waals surface area contributed by atoms with Gasteiger partial charge in [-0.1, -0.05) is 19.1 Å². The highest BCUT2D eigenvalue weighted by Crippen LogP contribution is 2.29. The topological polar surface area (TPSA) is 30.5 Å². The van der Waals surface area contributed by atoms with Crippen molar-refractivity contribution in [2.45, 2.75) is 25.6 Å². The average Bonchev–Trinajstić information content (AvgIpc) is 2.43. The Hall–Kier alpha value is -1.11. The number of benzene rings is 1. The Morgan fingerprint density at radius 3 is 2.33 bits per heavy atom. The van der Waals surface area contributed by atoms with Gasteiger partial charge in [-0.3, -0.25) is 0 Å². The molecule has 0 saturated carbocycles. The van der Waals surface area contributed by atoms with Gasteiger partial charge in [-0.2, -0.15) is 13.2 Å². The maximum absolute atomic E-state index is 12.5. The lowest BCUT2D eigenvalue weighted by Crippen LogP contribution is -2.35. The van der Waals surface area contributed by atoms with Crippen LogP contribution in [0.25, 0.3) is 0 Å². The van der Waals surface area contributed by atoms with Gasteiger partial charge in [0.1, 0.15) is 0 Å². The van der Waals surface area contributed by atoms with Crippen LogP contribution in [0.5, 0.6) is 0 Å². The first-order chi connectivity index (χ1) is 9.97. The van der Waals surface area contributed by atoms with E-state index in [0.717, 1.165) is 24.2 Å². The molecule has 0 bridgehead atoms. The third-order valence-corrected chi connectivity index (χ3v) is 3.01. The normalized spacial score (nSPS) is 13.4. The van der Waals surface area contributed by atoms with Crippen molar-refractivity contribution < 1.29 is 22.6 Å². The zero-order chi connectivity index (χ0) is 15.7. The number of hydrogen-bond acceptors (Lipinski definition) is 3. The van der Waals surface area contributed by atoms with Crippen LogP contribution in [0.2, 0.25) is 0 Å². The molecule has 0 aliphatic heterocycles. The molecule has 0 aliphatic carbocycles. The van der Waals surface area contributed by atoms with Gasteiger partial charge in [0.2, 0.25) is 0 Å². The van der Waals surface area contributed by atoms with Crippen molar-refractivity contribution in [2.75, 3.05) is 33.5 Å². The summed E-state index contributed by atoms with van der Waals surface area (Å²) in [5.74, 6) is 0. The minimum absolute atomic E-state index is 0.0728. The largest absolute Gasteiger partial charge is 0.416 e. The first kappa shape index (κ1) is 17.9. The standard InChI is InChI=1S/C15H22F3NO2/c1-3-19-14(11-21-9-8-20-2)10-12-4-6-13(7-5-12)15(16,17)18/h4-7,14,19H,3,8-11H2,1-2H3. The number of rotatable bonds is 9. The van der Waals surface area contributed by atoms with E-state index in [1.54, 1.807) is 7.11 Å². The van der Waals surface area contributed by atoms with Gasteiger partial charge < -0.3 is 14.8 Å². The summed E-state index contributed by atoms with van der Waals surface area (Å²) in [6, 6.07) is 5.34. The molecule has 0 amide bonds. The molecule has 1 N–H and O–H groups in total. The van der Waals surface area contributed by atoms with E-state index in [2.05, 4.69) is 5.32 Å². The molecule has 1 aromatic carbocycles. The minimum Gasteiger partial charge on any atom is -0.382 e. The van der Waals surface area contributed by atoms with E-state index in [0.29, 0.717) is 26.2 Å². The summed E-state index contributed by atoms with van der Waals surface area (Å²) in [4.78, 5) is 0. The molecule has 1 aromatic rings. The number of nitrogens with one attached hydrogen (secondary N) is 1. The van der Waals surface area contributed by atoms with Crippen molar-refractivity contribution in [3.8, 4) is 0 Å². The Morgan fingerprint density at radius 1 is 1.14 bits per heavy atom. The fourth-order valence-corrected chi connectivity index (χ4v) is 1.96. The quantitative estimate of drug-likeness (QED) is 0.712. The molecule has 0 aliphatic rings. The summed E-state index contributed by atoms with van der Waals surface area (Å²) in [7, 11) is 1.60. The Kier molecular flexibility index (Phi) is 7.71. The second-order valence-corrected chi connectivity index (χ2v) is 4.72. The van der Waals surface area contributed by atoms with Crippen LogP contribution in [0.4, 0.5) is 13.2 Å². The summed E-state index contributed by atoms with van der Waals surface area (Å²) < 4.78 is 47.9. The van der Waals surface area contributed by atoms with Crippen LogP contribution in [0.15, 0.2) is 24.3 Å². The number of alkyl halides is 3. The van der Waals surface area contributed by atoms with Gasteiger partial charge in [0.25, 0.3) is 0 Å². The lowest BCUT2D eigenvalue weighted by Gasteiger charge is -2.18. The van der Waals surface area contributed by atoms with Crippen LogP contribution in [0, 0.1) is 0 Å². The van der Waals surface area contributed by atoms with Gasteiger partial charge in [0, 0.05) is 13.2 Å². The van der Waals surface area contributed by atoms with Crippen molar-refractivity contribution >= 4 is 0 Å². The van der Waals surface area contributed by atoms with E-state index in [1.165, 1.54) is 12.1 Å². The monoisotopic (exact) mass is 305 g/mol. The number of methoxy groups -OCH3 is 1. The van der Waals surface area contributed by atoms with Gasteiger partial charge in [-0.05, 0) is 30.7 Å². The highest BCUT2D eigenvalue weighted by atomic mass is 19.4. The Balaban J connectivity index is 2.54. The summed E-state index contributed by atoms with van der Waals surface area (Å²) >= 11 is 0. The molecule has 21 heavy (non-hydrogen) atoms. The van der Waals surface area contributed by atoms with E-state index in [9.17, 15) is 13.2 Å². The van der Waals surface area contributed by atoms with Crippen LogP contribution < -0.4 is 5.32 Å². The molecule has 1 rings (SSSR count). The van der Waals surface area contributed by atoms with Crippen LogP contribution in [0.1, 0.15) is 18.1 Å². The predicted molar refractivity (Wildman–Crippen MR) is 75.3 cm³/mol. The molecule has 0 spiro atoms. The second kappa shape index (κ2) is 9.02. The molecule has 6 heteroatoms. The molecular formula is C15H22F3NO2. The second-order valence-electron chi connectivity index (χ2n) is 4.72. The Morgan fingerprint density at radius 2 is 1.81 bits per heavy atom. The van der Waals surface area contributed by atoms with Gasteiger partial charge >= 0.3 is 6.18 Å². The zero-order valence-electron chi connectivity index (χ0n) is 12.4. The maximum Gasteiger partial charge on any atom is 0.416 e. The molecule has 3 nitrogen and oxygen atoms in total. The average molecular weight is 305 g/mol. The van der Waals surface area contributed by atoms with E-state index < -0.39 is 11.7 Å². The van der Waals surface area contributed by atoms with Crippen molar-refractivity contribution in [3.63, 3.8) is 0 Å². The highest BCUT2D eigenvalue weighted by molar-refractivity contribution is 5.25. The highest BCUT2D eigenvalue weighted by Gasteiger charge is 2.29. The van der Waals surface area contributed by atoms with Crippen LogP contribution >= 0.6 is 0 Å². The van der Waals surface area contributed by atoms with Crippen molar-refractivity contribution in [1.82, 2.24) is 5.32 Å². The minimum atomic E-state index is -4.29. The van der Waals surface area contributed by atoms with Gasteiger partial charge in [0.15, 0.2) is 0 Å². The smallest absolute Gasteiger partial charge is 0.382 e. The van der Waals surface area contributed by atoms with Crippen molar-refractivity contribution in [1.29, 1.82) is 0 Å². The summed E-state index contributed by atoms with van der Waals surface area (Å²) in [6.45, 7) is 4.29. The van der Waals surface area contributed by atoms with Crippen LogP contribution in [-0.4, -0.2) is 39.5 Å². The lowest BCUT2D eigenvalue weighted by molar-refractivity contribution is -0.137. The van der Waals surface area contributed by atoms with Crippen molar-refractivity contribution in [3.05, 3.63) is 35.4 Å². The molecule has 0 aromatic heterocycles. The number of halogens is 3. The van der Waals surface area contributed by atoms with Gasteiger partial charge in [0.05, 0.1) is 25.4 Å². The number of likely N-dealkylation sites (N-methyl/N-ethyl adjacent to an activating group) is 1. The van der Waals surface area contributed by atoms with Gasteiger partial charge in [-0.25, -0.2) is 0 Å². The SMILES string of the molecule is CCNC(COCCOC)Cc1ccc(C(F)(F)F)cc1. The van der Waals surface area contributed by atoms with Gasteiger partial charge in [-0.15, -0.1) is 0 Å². The summed E-state index contributed by atoms with van der Waals surface area (Å²) in [5, 5.41) is 3.26. The van der Waals surface area contributed by atoms with Crippen LogP contribution in [-0.2, 0) is 22.1 Å². The molecule has 0 saturated heterocycles. The van der Waals surface area contributed by atoms with Crippen molar-refractivity contribution in [2.24, 2.45) is 0 Å². The maximum atomic E-state index is 12.5. The molecule has 1 unspecified atom stereocenters. The molecule has 0 radical (unpaired) electrons. The van der Waals surface area contributed by atoms with Crippen LogP contribution in [0.3, 0.4) is 0 Å². The summed E-state index contributed by atoms with van der Waals surface area (Å²) in [5.41, 5.74) is 0.229. The Labute approximate surface area is 123 Å². The summed E-state index contributed by atoms with van der Waals surface area (Å²) in [6.07, 6.45) is -3.66. The third kappa shape index (κ3) is 6.93. The fraction of sp³-hybridized carbons (Fsp3) is 0.600. The Bertz CT molecular complexity index is 393. The lowest BCUT2D eigenvalue weighted by atomic mass is 10.0. The van der Waals surface area contributed by atoms with E-state index in [-0.39, 0.29) is 6.04 Å². The zero-order valence-corrected chi connectivity index (χ0v) is 12.4. The number of ether oxygens (including phenoxy) is 2. The number of hydrogen-bond donors (Lipinski definition) is 1. The van der Waals surface area contributed by atoms with E-state index >= 15 is 0 Å². The third-order valence-electron chi connectivity index (χ3n) is 3.01. The molecule has 0 fully saturated rings. The first-order valence-electron chi connectivity index (χ1n) is 6.93. The first-order valence-corrected chi connectivity index (χ1v) is 6.93. The van der Waals surface area contributed by atoms with E-state index in [4.69, 9.17) is 9.47 Å². The molecule has 0 heterocycles. The predicted octanol–water partition coefficient (Wildman–Crippen LogP) is 2.89. The molecule has 120 valence electrons.